The summed E-state index contributed by atoms with van der Waals surface area (Å²) in [6, 6.07) is 4.00. The normalized spacial score (nSPS) is 16.3. The Labute approximate surface area is 174 Å². The van der Waals surface area contributed by atoms with Crippen LogP contribution in [0.15, 0.2) is 23.3 Å². The van der Waals surface area contributed by atoms with E-state index < -0.39 is 10.0 Å². The van der Waals surface area contributed by atoms with Crippen LogP contribution < -0.4 is 10.2 Å². The van der Waals surface area contributed by atoms with Gasteiger partial charge in [-0.2, -0.15) is 4.31 Å². The van der Waals surface area contributed by atoms with E-state index in [0.717, 1.165) is 17.3 Å². The SMILES string of the molecule is CN=C(NCc1ccnc(N(C)C)c1)N1CCN(S(=O)(=O)CCOC(C)C)CC1. The molecule has 1 N–H and O–H groups in total. The number of guanidine groups is 1. The van der Waals surface area contributed by atoms with Gasteiger partial charge in [0.15, 0.2) is 5.96 Å². The van der Waals surface area contributed by atoms with Gasteiger partial charge < -0.3 is 19.9 Å². The van der Waals surface area contributed by atoms with Crippen molar-refractivity contribution < 1.29 is 13.2 Å². The molecule has 0 aliphatic carbocycles. The topological polar surface area (TPSA) is 90.4 Å². The summed E-state index contributed by atoms with van der Waals surface area (Å²) >= 11 is 0. The fraction of sp³-hybridized carbons (Fsp3) is 0.684. The van der Waals surface area contributed by atoms with Crippen LogP contribution in [0.25, 0.3) is 0 Å². The number of aromatic nitrogens is 1. The van der Waals surface area contributed by atoms with Crippen molar-refractivity contribution in [2.24, 2.45) is 4.99 Å². The molecule has 0 bridgehead atoms. The average molecular weight is 427 g/mol. The number of piperazine rings is 1. The maximum absolute atomic E-state index is 12.5. The number of nitrogens with zero attached hydrogens (tertiary/aromatic N) is 5. The molecule has 10 heteroatoms. The largest absolute Gasteiger partial charge is 0.378 e. The molecule has 0 radical (unpaired) electrons. The van der Waals surface area contributed by atoms with Crippen molar-refractivity contribution in [2.75, 3.05) is 64.6 Å². The first-order valence-electron chi connectivity index (χ1n) is 9.90. The summed E-state index contributed by atoms with van der Waals surface area (Å²) in [7, 11) is 2.37. The maximum atomic E-state index is 12.5. The van der Waals surface area contributed by atoms with E-state index in [0.29, 0.717) is 32.7 Å². The van der Waals surface area contributed by atoms with Crippen molar-refractivity contribution in [3.8, 4) is 0 Å². The molecule has 0 amide bonds. The van der Waals surface area contributed by atoms with E-state index in [1.807, 2.05) is 45.0 Å². The standard InChI is InChI=1S/C19H34N6O3S/c1-16(2)28-12-13-29(26,27)25-10-8-24(9-11-25)19(20-3)22-15-17-6-7-21-18(14-17)23(4)5/h6-7,14,16H,8-13,15H2,1-5H3,(H,20,22). The molecule has 0 atom stereocenters. The fourth-order valence-corrected chi connectivity index (χ4v) is 4.31. The molecule has 2 rings (SSSR count). The van der Waals surface area contributed by atoms with Gasteiger partial charge in [-0.05, 0) is 31.5 Å². The quantitative estimate of drug-likeness (QED) is 0.481. The smallest absolute Gasteiger partial charge is 0.216 e. The highest BCUT2D eigenvalue weighted by Crippen LogP contribution is 2.11. The lowest BCUT2D eigenvalue weighted by Crippen LogP contribution is -2.54. The third kappa shape index (κ3) is 7.13. The first-order valence-corrected chi connectivity index (χ1v) is 11.5. The molecule has 9 nitrogen and oxygen atoms in total. The predicted octanol–water partition coefficient (Wildman–Crippen LogP) is 0.595. The van der Waals surface area contributed by atoms with Crippen LogP contribution in [0, 0.1) is 0 Å². The zero-order valence-electron chi connectivity index (χ0n) is 18.1. The van der Waals surface area contributed by atoms with E-state index >= 15 is 0 Å². The van der Waals surface area contributed by atoms with Gasteiger partial charge in [0, 0.05) is 60.1 Å². The van der Waals surface area contributed by atoms with Crippen molar-refractivity contribution in [3.05, 3.63) is 23.9 Å². The summed E-state index contributed by atoms with van der Waals surface area (Å²) in [6.07, 6.45) is 1.83. The van der Waals surface area contributed by atoms with Crippen LogP contribution in [0.5, 0.6) is 0 Å². The summed E-state index contributed by atoms with van der Waals surface area (Å²) in [4.78, 5) is 12.7. The van der Waals surface area contributed by atoms with Crippen molar-refractivity contribution in [1.82, 2.24) is 19.5 Å². The second kappa shape index (κ2) is 10.7. The van der Waals surface area contributed by atoms with E-state index in [1.165, 1.54) is 0 Å². The van der Waals surface area contributed by atoms with Crippen LogP contribution in [0.4, 0.5) is 5.82 Å². The van der Waals surface area contributed by atoms with E-state index in [9.17, 15) is 8.42 Å². The Morgan fingerprint density at radius 2 is 2.00 bits per heavy atom. The minimum Gasteiger partial charge on any atom is -0.378 e. The van der Waals surface area contributed by atoms with Crippen LogP contribution in [0.3, 0.4) is 0 Å². The van der Waals surface area contributed by atoms with Gasteiger partial charge in [0.2, 0.25) is 10.0 Å². The molecule has 1 fully saturated rings. The molecule has 1 aliphatic rings. The van der Waals surface area contributed by atoms with Gasteiger partial charge in [0.25, 0.3) is 0 Å². The van der Waals surface area contributed by atoms with Crippen molar-refractivity contribution in [2.45, 2.75) is 26.5 Å². The Kier molecular flexibility index (Phi) is 8.66. The summed E-state index contributed by atoms with van der Waals surface area (Å²) < 4.78 is 31.9. The number of nitrogens with one attached hydrogen (secondary N) is 1. The second-order valence-corrected chi connectivity index (χ2v) is 9.53. The Morgan fingerprint density at radius 3 is 2.59 bits per heavy atom. The summed E-state index contributed by atoms with van der Waals surface area (Å²) in [5.74, 6) is 1.70. The summed E-state index contributed by atoms with van der Waals surface area (Å²) in [6.45, 7) is 6.75. The number of hydrogen-bond donors (Lipinski definition) is 1. The van der Waals surface area contributed by atoms with E-state index in [-0.39, 0.29) is 18.5 Å². The Hall–Kier alpha value is -1.91. The molecule has 0 saturated carbocycles. The molecule has 0 spiro atoms. The first kappa shape index (κ1) is 23.4. The number of ether oxygens (including phenoxy) is 1. The maximum Gasteiger partial charge on any atom is 0.216 e. The van der Waals surface area contributed by atoms with Crippen molar-refractivity contribution in [1.29, 1.82) is 0 Å². The Bertz CT molecular complexity index is 774. The van der Waals surface area contributed by atoms with Gasteiger partial charge in [-0.3, -0.25) is 4.99 Å². The number of pyridine rings is 1. The van der Waals surface area contributed by atoms with Crippen molar-refractivity contribution in [3.63, 3.8) is 0 Å². The first-order chi connectivity index (χ1) is 13.7. The van der Waals surface area contributed by atoms with Crippen molar-refractivity contribution >= 4 is 21.8 Å². The molecular formula is C19H34N6O3S. The highest BCUT2D eigenvalue weighted by molar-refractivity contribution is 7.89. The van der Waals surface area contributed by atoms with Gasteiger partial charge in [-0.15, -0.1) is 0 Å². The molecule has 0 aromatic carbocycles. The Morgan fingerprint density at radius 1 is 1.31 bits per heavy atom. The lowest BCUT2D eigenvalue weighted by molar-refractivity contribution is 0.0904. The number of anilines is 1. The summed E-state index contributed by atoms with van der Waals surface area (Å²) in [5, 5.41) is 3.36. The third-order valence-corrected chi connectivity index (χ3v) is 6.49. The highest BCUT2D eigenvalue weighted by atomic mass is 32.2. The minimum atomic E-state index is -3.29. The molecule has 0 unspecified atom stereocenters. The number of hydrogen-bond acceptors (Lipinski definition) is 6. The van der Waals surface area contributed by atoms with Gasteiger partial charge in [-0.25, -0.2) is 13.4 Å². The molecule has 1 saturated heterocycles. The molecular weight excluding hydrogens is 392 g/mol. The number of rotatable bonds is 8. The molecule has 1 aliphatic heterocycles. The zero-order valence-corrected chi connectivity index (χ0v) is 18.9. The van der Waals surface area contributed by atoms with Gasteiger partial charge in [-0.1, -0.05) is 0 Å². The van der Waals surface area contributed by atoms with E-state index in [4.69, 9.17) is 4.74 Å². The van der Waals surface area contributed by atoms with Gasteiger partial charge in [0.1, 0.15) is 5.82 Å². The van der Waals surface area contributed by atoms with Crippen LogP contribution >= 0.6 is 0 Å². The molecule has 29 heavy (non-hydrogen) atoms. The fourth-order valence-electron chi connectivity index (χ4n) is 3.02. The lowest BCUT2D eigenvalue weighted by Gasteiger charge is -2.35. The molecule has 2 heterocycles. The molecule has 1 aromatic heterocycles. The van der Waals surface area contributed by atoms with E-state index in [1.54, 1.807) is 17.5 Å². The lowest BCUT2D eigenvalue weighted by atomic mass is 10.2. The second-order valence-electron chi connectivity index (χ2n) is 7.44. The van der Waals surface area contributed by atoms with Crippen LogP contribution in [0.1, 0.15) is 19.4 Å². The van der Waals surface area contributed by atoms with Gasteiger partial charge >= 0.3 is 0 Å². The molecule has 164 valence electrons. The number of aliphatic imine (C=N–C) groups is 1. The highest BCUT2D eigenvalue weighted by Gasteiger charge is 2.28. The van der Waals surface area contributed by atoms with Gasteiger partial charge in [0.05, 0.1) is 18.5 Å². The van der Waals surface area contributed by atoms with Crippen LogP contribution in [-0.4, -0.2) is 94.4 Å². The molecule has 1 aromatic rings. The number of sulfonamides is 1. The van der Waals surface area contributed by atoms with Crippen LogP contribution in [-0.2, 0) is 21.3 Å². The minimum absolute atomic E-state index is 0.0222. The monoisotopic (exact) mass is 426 g/mol. The third-order valence-electron chi connectivity index (χ3n) is 4.65. The van der Waals surface area contributed by atoms with Crippen LogP contribution in [0.2, 0.25) is 0 Å². The summed E-state index contributed by atoms with van der Waals surface area (Å²) in [5.41, 5.74) is 1.11. The predicted molar refractivity (Wildman–Crippen MR) is 117 cm³/mol. The Balaban J connectivity index is 1.86. The zero-order chi connectivity index (χ0) is 21.4. The average Bonchev–Trinajstić information content (AvgIpc) is 2.68. The van der Waals surface area contributed by atoms with E-state index in [2.05, 4.69) is 20.2 Å².